The molecule has 2 heterocycles. The van der Waals surface area contributed by atoms with E-state index in [0.29, 0.717) is 34.8 Å². The van der Waals surface area contributed by atoms with E-state index in [1.807, 2.05) is 18.7 Å². The molecular formula is C20H19F2N5. The molecule has 138 valence electrons. The minimum atomic E-state index is -0.399. The molecule has 5 nitrogen and oxygen atoms in total. The Morgan fingerprint density at radius 1 is 1.04 bits per heavy atom. The quantitative estimate of drug-likeness (QED) is 0.712. The van der Waals surface area contributed by atoms with Crippen molar-refractivity contribution in [2.75, 3.05) is 20.6 Å². The lowest BCUT2D eigenvalue weighted by molar-refractivity contribution is 0.408. The fourth-order valence-electron chi connectivity index (χ4n) is 3.23. The summed E-state index contributed by atoms with van der Waals surface area (Å²) in [6, 6.07) is 10.9. The Bertz CT molecular complexity index is 1020. The highest BCUT2D eigenvalue weighted by Crippen LogP contribution is 2.27. The van der Waals surface area contributed by atoms with Gasteiger partial charge in [0, 0.05) is 24.1 Å². The molecule has 0 unspecified atom stereocenters. The molecule has 1 aromatic heterocycles. The Morgan fingerprint density at radius 3 is 2.63 bits per heavy atom. The molecule has 4 rings (SSSR count). The molecule has 0 saturated heterocycles. The van der Waals surface area contributed by atoms with Crippen LogP contribution in [0.4, 0.5) is 8.78 Å². The fourth-order valence-corrected chi connectivity index (χ4v) is 3.23. The van der Waals surface area contributed by atoms with E-state index in [1.165, 1.54) is 18.2 Å². The van der Waals surface area contributed by atoms with Crippen molar-refractivity contribution in [3.05, 3.63) is 76.9 Å². The third-order valence-corrected chi connectivity index (χ3v) is 4.54. The molecule has 27 heavy (non-hydrogen) atoms. The minimum absolute atomic E-state index is 0.245. The second kappa shape index (κ2) is 7.00. The smallest absolute Gasteiger partial charge is 0.159 e. The summed E-state index contributed by atoms with van der Waals surface area (Å²) >= 11 is 0. The van der Waals surface area contributed by atoms with Crippen LogP contribution in [0.5, 0.6) is 0 Å². The van der Waals surface area contributed by atoms with Crippen LogP contribution in [0, 0.1) is 11.6 Å². The molecular weight excluding hydrogens is 348 g/mol. The van der Waals surface area contributed by atoms with E-state index >= 15 is 0 Å². The molecule has 0 atom stereocenters. The summed E-state index contributed by atoms with van der Waals surface area (Å²) in [6.07, 6.45) is 0.686. The molecule has 0 N–H and O–H groups in total. The number of aromatic nitrogens is 3. The van der Waals surface area contributed by atoms with Gasteiger partial charge in [-0.1, -0.05) is 12.1 Å². The number of hydrogen-bond donors (Lipinski definition) is 0. The van der Waals surface area contributed by atoms with Gasteiger partial charge in [-0.2, -0.15) is 0 Å². The molecule has 0 radical (unpaired) electrons. The number of hydrogen-bond acceptors (Lipinski definition) is 4. The Hall–Kier alpha value is -2.93. The zero-order chi connectivity index (χ0) is 19.0. The third-order valence-electron chi connectivity index (χ3n) is 4.54. The van der Waals surface area contributed by atoms with Gasteiger partial charge in [-0.15, -0.1) is 10.2 Å². The molecule has 0 spiro atoms. The highest BCUT2D eigenvalue weighted by molar-refractivity contribution is 6.15. The first-order chi connectivity index (χ1) is 13.0. The zero-order valence-electron chi connectivity index (χ0n) is 15.2. The number of fused-ring (bicyclic) bond motifs is 3. The maximum Gasteiger partial charge on any atom is 0.159 e. The number of aliphatic imine (C=N–C) groups is 1. The topological polar surface area (TPSA) is 46.3 Å². The van der Waals surface area contributed by atoms with Gasteiger partial charge in [0.25, 0.3) is 0 Å². The minimum Gasteiger partial charge on any atom is -0.309 e. The molecule has 0 bridgehead atoms. The van der Waals surface area contributed by atoms with Crippen molar-refractivity contribution < 1.29 is 8.78 Å². The zero-order valence-corrected chi connectivity index (χ0v) is 15.2. The second-order valence-corrected chi connectivity index (χ2v) is 6.73. The molecule has 7 heteroatoms. The molecule has 0 aliphatic carbocycles. The number of nitrogens with zero attached hydrogens (tertiary/aromatic N) is 5. The first-order valence-corrected chi connectivity index (χ1v) is 8.72. The average molecular weight is 367 g/mol. The summed E-state index contributed by atoms with van der Waals surface area (Å²) in [4.78, 5) is 6.62. The van der Waals surface area contributed by atoms with Crippen LogP contribution in [-0.2, 0) is 13.0 Å². The van der Waals surface area contributed by atoms with Crippen LogP contribution in [0.3, 0.4) is 0 Å². The van der Waals surface area contributed by atoms with Crippen molar-refractivity contribution in [1.82, 2.24) is 19.7 Å². The average Bonchev–Trinajstić information content (AvgIpc) is 2.97. The first kappa shape index (κ1) is 17.5. The lowest BCUT2D eigenvalue weighted by atomic mass is 9.99. The molecule has 1 aliphatic heterocycles. The Labute approximate surface area is 156 Å². The van der Waals surface area contributed by atoms with Crippen LogP contribution in [0.2, 0.25) is 0 Å². The van der Waals surface area contributed by atoms with Crippen LogP contribution in [0.25, 0.3) is 5.69 Å². The Morgan fingerprint density at radius 2 is 1.85 bits per heavy atom. The monoisotopic (exact) mass is 367 g/mol. The Balaban J connectivity index is 1.89. The highest BCUT2D eigenvalue weighted by atomic mass is 19.1. The maximum absolute atomic E-state index is 14.4. The van der Waals surface area contributed by atoms with Gasteiger partial charge >= 0.3 is 0 Å². The lowest BCUT2D eigenvalue weighted by Crippen LogP contribution is -2.18. The molecule has 3 aromatic rings. The van der Waals surface area contributed by atoms with E-state index in [1.54, 1.807) is 24.3 Å². The van der Waals surface area contributed by atoms with Crippen molar-refractivity contribution >= 4 is 5.71 Å². The number of halogens is 2. The van der Waals surface area contributed by atoms with E-state index in [2.05, 4.69) is 20.1 Å². The summed E-state index contributed by atoms with van der Waals surface area (Å²) in [5.74, 6) is 0.639. The van der Waals surface area contributed by atoms with E-state index in [-0.39, 0.29) is 6.54 Å². The van der Waals surface area contributed by atoms with Gasteiger partial charge in [-0.25, -0.2) is 8.78 Å². The normalized spacial score (nSPS) is 13.1. The molecule has 0 fully saturated rings. The number of likely N-dealkylation sites (N-methyl/N-ethyl adjacent to an activating group) is 1. The number of benzene rings is 2. The van der Waals surface area contributed by atoms with E-state index in [9.17, 15) is 8.78 Å². The summed E-state index contributed by atoms with van der Waals surface area (Å²) < 4.78 is 30.4. The van der Waals surface area contributed by atoms with Crippen LogP contribution < -0.4 is 0 Å². The lowest BCUT2D eigenvalue weighted by Gasteiger charge is -2.15. The predicted octanol–water partition coefficient (Wildman–Crippen LogP) is 3.00. The fraction of sp³-hybridized carbons (Fsp3) is 0.250. The van der Waals surface area contributed by atoms with Gasteiger partial charge in [0.1, 0.15) is 24.0 Å². The SMILES string of the molecule is CN(C)CCc1nnc2n1-c1ccc(F)cc1C(c1ccccc1F)=NC2. The van der Waals surface area contributed by atoms with Crippen molar-refractivity contribution in [3.8, 4) is 5.69 Å². The largest absolute Gasteiger partial charge is 0.309 e. The predicted molar refractivity (Wildman–Crippen MR) is 99.3 cm³/mol. The van der Waals surface area contributed by atoms with Crippen LogP contribution >= 0.6 is 0 Å². The van der Waals surface area contributed by atoms with Gasteiger partial charge in [0.05, 0.1) is 11.4 Å². The van der Waals surface area contributed by atoms with Crippen molar-refractivity contribution in [3.63, 3.8) is 0 Å². The van der Waals surface area contributed by atoms with Crippen molar-refractivity contribution in [2.24, 2.45) is 4.99 Å². The van der Waals surface area contributed by atoms with E-state index in [0.717, 1.165) is 12.4 Å². The molecule has 0 amide bonds. The first-order valence-electron chi connectivity index (χ1n) is 8.72. The molecule has 0 saturated carbocycles. The van der Waals surface area contributed by atoms with Gasteiger partial charge in [-0.05, 0) is 44.4 Å². The van der Waals surface area contributed by atoms with Crippen molar-refractivity contribution in [2.45, 2.75) is 13.0 Å². The molecule has 1 aliphatic rings. The van der Waals surface area contributed by atoms with E-state index in [4.69, 9.17) is 0 Å². The summed E-state index contributed by atoms with van der Waals surface area (Å²) in [6.45, 7) is 1.05. The summed E-state index contributed by atoms with van der Waals surface area (Å²) in [7, 11) is 3.98. The number of rotatable bonds is 4. The van der Waals surface area contributed by atoms with Gasteiger partial charge in [-0.3, -0.25) is 9.56 Å². The van der Waals surface area contributed by atoms with E-state index < -0.39 is 11.6 Å². The standard InChI is InChI=1S/C20H19F2N5/c1-26(2)10-9-18-24-25-19-12-23-20(14-5-3-4-6-16(14)22)15-11-13(21)7-8-17(15)27(18)19/h3-8,11H,9-10,12H2,1-2H3. The van der Waals surface area contributed by atoms with Crippen LogP contribution in [0.15, 0.2) is 47.5 Å². The Kier molecular flexibility index (Phi) is 4.53. The van der Waals surface area contributed by atoms with Gasteiger partial charge in [0.15, 0.2) is 5.82 Å². The summed E-state index contributed by atoms with van der Waals surface area (Å²) in [5, 5.41) is 8.56. The third kappa shape index (κ3) is 3.26. The van der Waals surface area contributed by atoms with Crippen LogP contribution in [0.1, 0.15) is 22.8 Å². The van der Waals surface area contributed by atoms with Gasteiger partial charge < -0.3 is 4.90 Å². The second-order valence-electron chi connectivity index (χ2n) is 6.73. The van der Waals surface area contributed by atoms with Gasteiger partial charge in [0.2, 0.25) is 0 Å². The maximum atomic E-state index is 14.4. The highest BCUT2D eigenvalue weighted by Gasteiger charge is 2.24. The van der Waals surface area contributed by atoms with Crippen LogP contribution in [-0.4, -0.2) is 46.0 Å². The summed E-state index contributed by atoms with van der Waals surface area (Å²) in [5.41, 5.74) is 2.01. The molecule has 2 aromatic carbocycles. The van der Waals surface area contributed by atoms with Crippen molar-refractivity contribution in [1.29, 1.82) is 0 Å².